The predicted octanol–water partition coefficient (Wildman–Crippen LogP) is 6.77. The number of rotatable bonds is 7. The molecule has 0 saturated heterocycles. The molecule has 1 spiro atoms. The van der Waals surface area contributed by atoms with E-state index in [0.29, 0.717) is 63.9 Å². The van der Waals surface area contributed by atoms with Crippen molar-refractivity contribution in [3.05, 3.63) is 65.4 Å². The highest BCUT2D eigenvalue weighted by Crippen LogP contribution is 2.67. The number of amides is 3. The second-order valence-electron chi connectivity index (χ2n) is 15.1. The Labute approximate surface area is 302 Å². The molecular weight excluding hydrogens is 668 g/mol. The summed E-state index contributed by atoms with van der Waals surface area (Å²) >= 11 is 0. The van der Waals surface area contributed by atoms with Crippen molar-refractivity contribution < 1.29 is 38.1 Å². The molecule has 1 saturated carbocycles. The fourth-order valence-electron chi connectivity index (χ4n) is 6.48. The summed E-state index contributed by atoms with van der Waals surface area (Å²) in [7, 11) is 4.84. The Morgan fingerprint density at radius 1 is 0.962 bits per heavy atom. The Kier molecular flexibility index (Phi) is 8.92. The molecule has 274 valence electrons. The van der Waals surface area contributed by atoms with E-state index in [1.807, 2.05) is 25.1 Å². The van der Waals surface area contributed by atoms with Crippen molar-refractivity contribution in [2.24, 2.45) is 0 Å². The second-order valence-corrected chi connectivity index (χ2v) is 15.1. The molecule has 6 rings (SSSR count). The van der Waals surface area contributed by atoms with E-state index in [0.717, 1.165) is 10.5 Å². The molecule has 2 aromatic carbocycles. The van der Waals surface area contributed by atoms with Crippen molar-refractivity contribution in [1.82, 2.24) is 19.7 Å². The van der Waals surface area contributed by atoms with Crippen LogP contribution in [0, 0.1) is 0 Å². The standard InChI is InChI=1S/C38H44N6O8/c1-11-50-29-17-22(32(45)42(8)9)20-39-31(29)40-30-24-14-12-21(16-28(24)44(41-30)35(48)52-37(5,6)7)26-19-38(26)25-18-23(49-10)13-15-27(25)43(33(38)46)34(47)51-36(2,3)4/h12-18,20,26H,11,19H2,1-10H3,(H,39,40,41)/t26-,38-/m0/s1. The molecule has 14 nitrogen and oxygen atoms in total. The van der Waals surface area contributed by atoms with E-state index in [9.17, 15) is 19.2 Å². The van der Waals surface area contributed by atoms with Crippen LogP contribution >= 0.6 is 0 Å². The lowest BCUT2D eigenvalue weighted by Gasteiger charge is -2.24. The first kappa shape index (κ1) is 36.1. The van der Waals surface area contributed by atoms with Crippen LogP contribution in [0.3, 0.4) is 0 Å². The molecule has 0 bridgehead atoms. The van der Waals surface area contributed by atoms with Crippen LogP contribution in [-0.2, 0) is 19.7 Å². The normalized spacial score (nSPS) is 17.9. The van der Waals surface area contributed by atoms with Crippen LogP contribution in [-0.4, -0.2) is 82.7 Å². The molecule has 3 amide bonds. The first-order valence-corrected chi connectivity index (χ1v) is 17.0. The van der Waals surface area contributed by atoms with Crippen molar-refractivity contribution in [3.63, 3.8) is 0 Å². The summed E-state index contributed by atoms with van der Waals surface area (Å²) in [6.45, 7) is 12.7. The summed E-state index contributed by atoms with van der Waals surface area (Å²) in [5, 5.41) is 8.37. The highest BCUT2D eigenvalue weighted by atomic mass is 16.6. The smallest absolute Gasteiger partial charge is 0.435 e. The van der Waals surface area contributed by atoms with Gasteiger partial charge in [-0.1, -0.05) is 6.07 Å². The SMILES string of the molecule is CCOc1cc(C(=O)N(C)C)cnc1Nc1nn(C(=O)OC(C)(C)C)c2cc([C@@H]3C[C@@]34C(=O)N(C(=O)OC(C)(C)C)c3ccc(OC)cc34)ccc12. The first-order valence-electron chi connectivity index (χ1n) is 17.0. The number of hydrogen-bond acceptors (Lipinski definition) is 11. The summed E-state index contributed by atoms with van der Waals surface area (Å²) < 4.78 is 23.9. The van der Waals surface area contributed by atoms with Gasteiger partial charge in [-0.2, -0.15) is 4.68 Å². The molecule has 3 heterocycles. The quantitative estimate of drug-likeness (QED) is 0.216. The maximum Gasteiger partial charge on any atom is 0.435 e. The van der Waals surface area contributed by atoms with Crippen LogP contribution in [0.1, 0.15) is 82.3 Å². The summed E-state index contributed by atoms with van der Waals surface area (Å²) in [5.74, 6) is 0.508. The minimum atomic E-state index is -1.05. The van der Waals surface area contributed by atoms with Gasteiger partial charge in [0.05, 0.1) is 35.9 Å². The number of anilines is 3. The van der Waals surface area contributed by atoms with Crippen LogP contribution in [0.25, 0.3) is 10.9 Å². The zero-order chi connectivity index (χ0) is 37.9. The van der Waals surface area contributed by atoms with Gasteiger partial charge in [-0.25, -0.2) is 19.5 Å². The molecule has 1 aliphatic carbocycles. The Morgan fingerprint density at radius 2 is 1.65 bits per heavy atom. The largest absolute Gasteiger partial charge is 0.497 e. The van der Waals surface area contributed by atoms with Crippen LogP contribution in [0.2, 0.25) is 0 Å². The molecule has 2 aromatic heterocycles. The number of nitrogens with zero attached hydrogens (tertiary/aromatic N) is 5. The third-order valence-electron chi connectivity index (χ3n) is 8.76. The molecule has 14 heteroatoms. The Bertz CT molecular complexity index is 2110. The highest BCUT2D eigenvalue weighted by Gasteiger charge is 2.68. The van der Waals surface area contributed by atoms with Crippen LogP contribution in [0.15, 0.2) is 48.7 Å². The van der Waals surface area contributed by atoms with Gasteiger partial charge in [0, 0.05) is 31.6 Å². The lowest BCUT2D eigenvalue weighted by molar-refractivity contribution is -0.120. The summed E-state index contributed by atoms with van der Waals surface area (Å²) in [6, 6.07) is 12.3. The molecule has 2 aliphatic rings. The fourth-order valence-corrected chi connectivity index (χ4v) is 6.48. The van der Waals surface area contributed by atoms with E-state index < -0.39 is 28.8 Å². The van der Waals surface area contributed by atoms with Crippen LogP contribution < -0.4 is 19.7 Å². The molecule has 1 fully saturated rings. The topological polar surface area (TPSA) is 154 Å². The monoisotopic (exact) mass is 712 g/mol. The van der Waals surface area contributed by atoms with Crippen molar-refractivity contribution >= 4 is 52.2 Å². The maximum absolute atomic E-state index is 14.3. The Balaban J connectivity index is 1.42. The lowest BCUT2D eigenvalue weighted by Crippen LogP contribution is -2.41. The number of methoxy groups -OCH3 is 1. The number of carbonyl (C=O) groups is 4. The number of ether oxygens (including phenoxy) is 4. The Morgan fingerprint density at radius 3 is 2.29 bits per heavy atom. The number of aromatic nitrogens is 3. The van der Waals surface area contributed by atoms with Gasteiger partial charge in [-0.05, 0) is 102 Å². The minimum Gasteiger partial charge on any atom is -0.497 e. The van der Waals surface area contributed by atoms with E-state index >= 15 is 0 Å². The number of hydrogen-bond donors (Lipinski definition) is 1. The van der Waals surface area contributed by atoms with Crippen LogP contribution in [0.4, 0.5) is 26.9 Å². The highest BCUT2D eigenvalue weighted by molar-refractivity contribution is 6.23. The predicted molar refractivity (Wildman–Crippen MR) is 194 cm³/mol. The molecule has 1 N–H and O–H groups in total. The number of pyridine rings is 1. The number of fused-ring (bicyclic) bond motifs is 3. The molecule has 52 heavy (non-hydrogen) atoms. The van der Waals surface area contributed by atoms with Gasteiger partial charge >= 0.3 is 12.2 Å². The van der Waals surface area contributed by atoms with Gasteiger partial charge in [0.25, 0.3) is 5.91 Å². The first-order chi connectivity index (χ1) is 24.4. The van der Waals surface area contributed by atoms with Crippen molar-refractivity contribution in [3.8, 4) is 11.5 Å². The summed E-state index contributed by atoms with van der Waals surface area (Å²) in [4.78, 5) is 61.0. The summed E-state index contributed by atoms with van der Waals surface area (Å²) in [6.07, 6.45) is 0.403. The van der Waals surface area contributed by atoms with Crippen molar-refractivity contribution in [1.29, 1.82) is 0 Å². The molecule has 0 radical (unpaired) electrons. The fraction of sp³-hybridized carbons (Fsp3) is 0.421. The zero-order valence-electron chi connectivity index (χ0n) is 31.1. The second kappa shape index (κ2) is 12.8. The lowest BCUT2D eigenvalue weighted by atomic mass is 9.91. The van der Waals surface area contributed by atoms with Gasteiger partial charge in [-0.15, -0.1) is 5.10 Å². The molecule has 0 unspecified atom stereocenters. The van der Waals surface area contributed by atoms with Gasteiger partial charge < -0.3 is 29.2 Å². The van der Waals surface area contributed by atoms with E-state index in [4.69, 9.17) is 18.9 Å². The van der Waals surface area contributed by atoms with Gasteiger partial charge in [-0.3, -0.25) is 9.59 Å². The van der Waals surface area contributed by atoms with Gasteiger partial charge in [0.2, 0.25) is 5.91 Å². The summed E-state index contributed by atoms with van der Waals surface area (Å²) in [5.41, 5.74) is -0.0311. The average Bonchev–Trinajstić information content (AvgIpc) is 3.65. The van der Waals surface area contributed by atoms with Crippen LogP contribution in [0.5, 0.6) is 11.5 Å². The minimum absolute atomic E-state index is 0.235. The van der Waals surface area contributed by atoms with E-state index in [1.54, 1.807) is 87.0 Å². The third kappa shape index (κ3) is 6.48. The third-order valence-corrected chi connectivity index (χ3v) is 8.76. The molecule has 4 aromatic rings. The average molecular weight is 713 g/mol. The van der Waals surface area contributed by atoms with Gasteiger partial charge in [0.1, 0.15) is 17.0 Å². The maximum atomic E-state index is 14.3. The van der Waals surface area contributed by atoms with Crippen molar-refractivity contribution in [2.45, 2.75) is 77.4 Å². The number of imide groups is 1. The van der Waals surface area contributed by atoms with E-state index in [1.165, 1.54) is 15.8 Å². The van der Waals surface area contributed by atoms with Crippen molar-refractivity contribution in [2.75, 3.05) is 38.0 Å². The van der Waals surface area contributed by atoms with E-state index in [-0.39, 0.29) is 17.7 Å². The zero-order valence-corrected chi connectivity index (χ0v) is 31.1. The number of benzene rings is 2. The number of carbonyl (C=O) groups excluding carboxylic acids is 4. The molecule has 1 aliphatic heterocycles. The van der Waals surface area contributed by atoms with Gasteiger partial charge in [0.15, 0.2) is 17.4 Å². The molecule has 2 atom stereocenters. The Hall–Kier alpha value is -5.66. The molecular formula is C38H44N6O8. The van der Waals surface area contributed by atoms with E-state index in [2.05, 4.69) is 15.4 Å². The number of nitrogens with one attached hydrogen (secondary N) is 1.